The molecular formula is C23H17BrF4N4O. The third-order valence-corrected chi connectivity index (χ3v) is 5.64. The fraction of sp³-hybridized carbons (Fsp3) is 0.174. The molecule has 2 aromatic carbocycles. The molecular weight excluding hydrogens is 504 g/mol. The number of carbonyl (C=O) groups excluding carboxylic acids is 1. The van der Waals surface area contributed by atoms with Crippen LogP contribution in [0, 0.1) is 19.7 Å². The lowest BCUT2D eigenvalue weighted by molar-refractivity contribution is -0.140. The standard InChI is InChI=1S/C23H17BrF4N4O/c1-12-21(13(2)32(31-12)11-14-4-3-5-16(25)8-14)30-22(33)18-10-20(23(26,27)28)29-19-7-6-15(24)9-17(18)19/h3-10H,11H2,1-2H3,(H,30,33). The Kier molecular flexibility index (Phi) is 5.96. The maximum Gasteiger partial charge on any atom is 0.433 e. The molecule has 5 nitrogen and oxygen atoms in total. The van der Waals surface area contributed by atoms with Gasteiger partial charge in [-0.05, 0) is 55.8 Å². The highest BCUT2D eigenvalue weighted by molar-refractivity contribution is 9.10. The predicted molar refractivity (Wildman–Crippen MR) is 120 cm³/mol. The molecule has 0 saturated carbocycles. The van der Waals surface area contributed by atoms with E-state index in [0.29, 0.717) is 27.1 Å². The number of nitrogens with zero attached hydrogens (tertiary/aromatic N) is 3. The van der Waals surface area contributed by atoms with E-state index in [0.717, 1.165) is 6.07 Å². The average Bonchev–Trinajstić information content (AvgIpc) is 2.99. The van der Waals surface area contributed by atoms with Crippen molar-refractivity contribution >= 4 is 38.4 Å². The van der Waals surface area contributed by atoms with E-state index in [9.17, 15) is 22.4 Å². The van der Waals surface area contributed by atoms with E-state index < -0.39 is 17.8 Å². The van der Waals surface area contributed by atoms with Gasteiger partial charge in [-0.2, -0.15) is 18.3 Å². The fourth-order valence-corrected chi connectivity index (χ4v) is 3.91. The smallest absolute Gasteiger partial charge is 0.319 e. The maximum absolute atomic E-state index is 13.5. The summed E-state index contributed by atoms with van der Waals surface area (Å²) < 4.78 is 55.9. The van der Waals surface area contributed by atoms with Crippen molar-refractivity contribution in [2.75, 3.05) is 5.32 Å². The van der Waals surface area contributed by atoms with Crippen LogP contribution in [0.15, 0.2) is 53.0 Å². The molecule has 0 aliphatic carbocycles. The van der Waals surface area contributed by atoms with Crippen LogP contribution in [-0.2, 0) is 12.7 Å². The minimum Gasteiger partial charge on any atom is -0.319 e. The molecule has 2 aromatic heterocycles. The van der Waals surface area contributed by atoms with Gasteiger partial charge in [-0.3, -0.25) is 9.48 Å². The third kappa shape index (κ3) is 4.75. The van der Waals surface area contributed by atoms with Crippen LogP contribution >= 0.6 is 15.9 Å². The topological polar surface area (TPSA) is 59.8 Å². The SMILES string of the molecule is Cc1nn(Cc2cccc(F)c2)c(C)c1NC(=O)c1cc(C(F)(F)F)nc2ccc(Br)cc12. The molecule has 0 aliphatic rings. The number of benzene rings is 2. The number of alkyl halides is 3. The van der Waals surface area contributed by atoms with E-state index >= 15 is 0 Å². The Bertz CT molecular complexity index is 1380. The lowest BCUT2D eigenvalue weighted by Gasteiger charge is -2.13. The molecule has 4 rings (SSSR count). The van der Waals surface area contributed by atoms with Gasteiger partial charge in [0, 0.05) is 9.86 Å². The van der Waals surface area contributed by atoms with Gasteiger partial charge >= 0.3 is 6.18 Å². The van der Waals surface area contributed by atoms with Gasteiger partial charge in [0.25, 0.3) is 5.91 Å². The first-order valence-corrected chi connectivity index (χ1v) is 10.6. The summed E-state index contributed by atoms with van der Waals surface area (Å²) in [5.74, 6) is -1.10. The number of hydrogen-bond acceptors (Lipinski definition) is 3. The maximum atomic E-state index is 13.5. The minimum atomic E-state index is -4.71. The Morgan fingerprint density at radius 2 is 1.88 bits per heavy atom. The first-order valence-electron chi connectivity index (χ1n) is 9.80. The van der Waals surface area contributed by atoms with Gasteiger partial charge in [-0.15, -0.1) is 0 Å². The lowest BCUT2D eigenvalue weighted by atomic mass is 10.1. The summed E-state index contributed by atoms with van der Waals surface area (Å²) in [7, 11) is 0. The predicted octanol–water partition coefficient (Wildman–Crippen LogP) is 6.27. The largest absolute Gasteiger partial charge is 0.433 e. The number of aromatic nitrogens is 3. The molecule has 1 amide bonds. The number of halogens is 5. The molecule has 10 heteroatoms. The highest BCUT2D eigenvalue weighted by Gasteiger charge is 2.34. The second-order valence-electron chi connectivity index (χ2n) is 7.50. The lowest BCUT2D eigenvalue weighted by Crippen LogP contribution is -2.17. The van der Waals surface area contributed by atoms with Gasteiger partial charge in [-0.25, -0.2) is 9.37 Å². The molecule has 0 saturated heterocycles. The van der Waals surface area contributed by atoms with Crippen LogP contribution in [0.5, 0.6) is 0 Å². The van der Waals surface area contributed by atoms with Gasteiger partial charge < -0.3 is 5.32 Å². The third-order valence-electron chi connectivity index (χ3n) is 5.15. The monoisotopic (exact) mass is 520 g/mol. The van der Waals surface area contributed by atoms with Crippen LogP contribution in [0.3, 0.4) is 0 Å². The summed E-state index contributed by atoms with van der Waals surface area (Å²) in [6.07, 6.45) is -4.71. The van der Waals surface area contributed by atoms with E-state index in [4.69, 9.17) is 0 Å². The molecule has 33 heavy (non-hydrogen) atoms. The average molecular weight is 521 g/mol. The molecule has 0 radical (unpaired) electrons. The Hall–Kier alpha value is -3.27. The van der Waals surface area contributed by atoms with Crippen molar-refractivity contribution in [2.45, 2.75) is 26.6 Å². The Balaban J connectivity index is 1.71. The van der Waals surface area contributed by atoms with Crippen molar-refractivity contribution in [1.29, 1.82) is 0 Å². The van der Waals surface area contributed by atoms with Gasteiger partial charge in [-0.1, -0.05) is 28.1 Å². The number of aryl methyl sites for hydroxylation is 1. The molecule has 4 aromatic rings. The second-order valence-corrected chi connectivity index (χ2v) is 8.42. The molecule has 0 unspecified atom stereocenters. The molecule has 1 N–H and O–H groups in total. The van der Waals surface area contributed by atoms with Gasteiger partial charge in [0.1, 0.15) is 11.5 Å². The molecule has 0 aliphatic heterocycles. The van der Waals surface area contributed by atoms with Gasteiger partial charge in [0.05, 0.1) is 34.7 Å². The van der Waals surface area contributed by atoms with Crippen molar-refractivity contribution in [3.05, 3.63) is 87.0 Å². The van der Waals surface area contributed by atoms with Gasteiger partial charge in [0.15, 0.2) is 0 Å². The summed E-state index contributed by atoms with van der Waals surface area (Å²) >= 11 is 3.28. The molecule has 2 heterocycles. The van der Waals surface area contributed by atoms with E-state index in [-0.39, 0.29) is 28.8 Å². The van der Waals surface area contributed by atoms with E-state index in [1.165, 1.54) is 18.2 Å². The van der Waals surface area contributed by atoms with Crippen molar-refractivity contribution in [2.24, 2.45) is 0 Å². The van der Waals surface area contributed by atoms with Crippen LogP contribution in [0.1, 0.15) is 33.0 Å². The summed E-state index contributed by atoms with van der Waals surface area (Å²) in [6, 6.07) is 11.3. The van der Waals surface area contributed by atoms with Crippen molar-refractivity contribution in [3.63, 3.8) is 0 Å². The van der Waals surface area contributed by atoms with Crippen molar-refractivity contribution in [3.8, 4) is 0 Å². The zero-order valence-electron chi connectivity index (χ0n) is 17.5. The Morgan fingerprint density at radius 1 is 1.12 bits per heavy atom. The zero-order valence-corrected chi connectivity index (χ0v) is 19.1. The first kappa shape index (κ1) is 22.9. The van der Waals surface area contributed by atoms with E-state index in [2.05, 4.69) is 31.3 Å². The number of pyridine rings is 1. The molecule has 170 valence electrons. The first-order chi connectivity index (χ1) is 15.5. The number of nitrogens with one attached hydrogen (secondary N) is 1. The number of rotatable bonds is 4. The van der Waals surface area contributed by atoms with E-state index in [1.54, 1.807) is 42.8 Å². The summed E-state index contributed by atoms with van der Waals surface area (Å²) in [5, 5.41) is 7.37. The fourth-order valence-electron chi connectivity index (χ4n) is 3.55. The number of anilines is 1. The molecule has 0 spiro atoms. The van der Waals surface area contributed by atoms with Gasteiger partial charge in [0.2, 0.25) is 0 Å². The quantitative estimate of drug-likeness (QED) is 0.322. The van der Waals surface area contributed by atoms with Crippen LogP contribution in [0.25, 0.3) is 10.9 Å². The Morgan fingerprint density at radius 3 is 2.58 bits per heavy atom. The summed E-state index contributed by atoms with van der Waals surface area (Å²) in [5.41, 5.74) is 0.855. The number of carbonyl (C=O) groups is 1. The van der Waals surface area contributed by atoms with Crippen LogP contribution in [0.4, 0.5) is 23.2 Å². The summed E-state index contributed by atoms with van der Waals surface area (Å²) in [4.78, 5) is 16.8. The van der Waals surface area contributed by atoms with E-state index in [1.807, 2.05) is 0 Å². The normalized spacial score (nSPS) is 11.7. The van der Waals surface area contributed by atoms with Crippen LogP contribution in [-0.4, -0.2) is 20.7 Å². The number of fused-ring (bicyclic) bond motifs is 1. The minimum absolute atomic E-state index is 0.0495. The summed E-state index contributed by atoms with van der Waals surface area (Å²) in [6.45, 7) is 3.66. The second kappa shape index (κ2) is 8.58. The van der Waals surface area contributed by atoms with Crippen LogP contribution in [0.2, 0.25) is 0 Å². The highest BCUT2D eigenvalue weighted by Crippen LogP contribution is 2.32. The number of amides is 1. The number of hydrogen-bond donors (Lipinski definition) is 1. The van der Waals surface area contributed by atoms with Crippen molar-refractivity contribution < 1.29 is 22.4 Å². The zero-order chi connectivity index (χ0) is 23.9. The van der Waals surface area contributed by atoms with Crippen LogP contribution < -0.4 is 5.32 Å². The molecule has 0 fully saturated rings. The highest BCUT2D eigenvalue weighted by atomic mass is 79.9. The molecule has 0 atom stereocenters. The van der Waals surface area contributed by atoms with Crippen molar-refractivity contribution in [1.82, 2.24) is 14.8 Å². The Labute approximate surface area is 194 Å². The molecule has 0 bridgehead atoms.